The summed E-state index contributed by atoms with van der Waals surface area (Å²) < 4.78 is 1.02. The molecule has 2 aromatic carbocycles. The molecule has 2 nitrogen and oxygen atoms in total. The number of carbonyl (C=O) groups is 1. The van der Waals surface area contributed by atoms with E-state index in [9.17, 15) is 9.90 Å². The van der Waals surface area contributed by atoms with Crippen LogP contribution in [0.4, 0.5) is 0 Å². The van der Waals surface area contributed by atoms with Crippen molar-refractivity contribution < 1.29 is 9.90 Å². The monoisotopic (exact) mass is 350 g/mol. The highest BCUT2D eigenvalue weighted by molar-refractivity contribution is 9.10. The van der Waals surface area contributed by atoms with Gasteiger partial charge in [0.05, 0.1) is 0 Å². The number of benzene rings is 2. The Balaban J connectivity index is 2.00. The Morgan fingerprint density at radius 3 is 2.40 bits per heavy atom. The van der Waals surface area contributed by atoms with Crippen LogP contribution in [-0.4, -0.2) is 16.3 Å². The largest absolute Gasteiger partial charge is 0.480 e. The summed E-state index contributed by atoms with van der Waals surface area (Å²) in [5.41, 5.74) is 2.18. The number of halogens is 1. The first kappa shape index (κ1) is 15.1. The zero-order valence-electron chi connectivity index (χ0n) is 10.8. The smallest absolute Gasteiger partial charge is 0.316 e. The zero-order chi connectivity index (χ0) is 14.4. The second-order valence-corrected chi connectivity index (χ2v) is 6.46. The average Bonchev–Trinajstić information content (AvgIpc) is 2.46. The lowest BCUT2D eigenvalue weighted by Gasteiger charge is -2.13. The van der Waals surface area contributed by atoms with Gasteiger partial charge in [-0.05, 0) is 23.6 Å². The van der Waals surface area contributed by atoms with Crippen LogP contribution in [0.5, 0.6) is 0 Å². The van der Waals surface area contributed by atoms with E-state index in [4.69, 9.17) is 0 Å². The van der Waals surface area contributed by atoms with E-state index in [-0.39, 0.29) is 0 Å². The maximum Gasteiger partial charge on any atom is 0.316 e. The molecule has 1 atom stereocenters. The number of thioether (sulfide) groups is 1. The van der Waals surface area contributed by atoms with Gasteiger partial charge in [0, 0.05) is 10.2 Å². The highest BCUT2D eigenvalue weighted by Crippen LogP contribution is 2.26. The number of aliphatic carboxylic acids is 1. The molecular formula is C16H15BrO2S. The number of rotatable bonds is 6. The van der Waals surface area contributed by atoms with E-state index in [1.807, 2.05) is 54.6 Å². The van der Waals surface area contributed by atoms with Gasteiger partial charge >= 0.3 is 5.97 Å². The molecule has 0 aliphatic rings. The first-order chi connectivity index (χ1) is 9.66. The van der Waals surface area contributed by atoms with Crippen LogP contribution in [0.15, 0.2) is 59.1 Å². The van der Waals surface area contributed by atoms with Gasteiger partial charge in [-0.25, -0.2) is 0 Å². The van der Waals surface area contributed by atoms with Gasteiger partial charge in [-0.1, -0.05) is 64.5 Å². The van der Waals surface area contributed by atoms with Gasteiger partial charge in [0.2, 0.25) is 0 Å². The molecule has 20 heavy (non-hydrogen) atoms. The Hall–Kier alpha value is -1.26. The quantitative estimate of drug-likeness (QED) is 0.839. The Labute approximate surface area is 131 Å². The minimum absolute atomic E-state index is 0.426. The van der Waals surface area contributed by atoms with Crippen molar-refractivity contribution in [3.63, 3.8) is 0 Å². The fourth-order valence-corrected chi connectivity index (χ4v) is 3.55. The third kappa shape index (κ3) is 4.39. The summed E-state index contributed by atoms with van der Waals surface area (Å²) in [7, 11) is 0. The lowest BCUT2D eigenvalue weighted by Crippen LogP contribution is -2.19. The van der Waals surface area contributed by atoms with Crippen molar-refractivity contribution >= 4 is 33.7 Å². The van der Waals surface area contributed by atoms with Crippen molar-refractivity contribution in [2.75, 3.05) is 0 Å². The molecule has 0 spiro atoms. The van der Waals surface area contributed by atoms with E-state index in [0.717, 1.165) is 15.6 Å². The van der Waals surface area contributed by atoms with Crippen molar-refractivity contribution in [1.82, 2.24) is 0 Å². The molecule has 0 saturated heterocycles. The fraction of sp³-hybridized carbons (Fsp3) is 0.188. The maximum atomic E-state index is 11.4. The summed E-state index contributed by atoms with van der Waals surface area (Å²) in [5.74, 6) is -0.0727. The summed E-state index contributed by atoms with van der Waals surface area (Å²) in [6, 6.07) is 17.7. The summed E-state index contributed by atoms with van der Waals surface area (Å²) >= 11 is 4.95. The summed E-state index contributed by atoms with van der Waals surface area (Å²) in [6.07, 6.45) is 0.547. The minimum atomic E-state index is -0.758. The van der Waals surface area contributed by atoms with Crippen LogP contribution in [0.2, 0.25) is 0 Å². The molecule has 0 aliphatic heterocycles. The van der Waals surface area contributed by atoms with E-state index in [0.29, 0.717) is 12.2 Å². The molecule has 2 aromatic rings. The number of carboxylic acid groups (broad SMARTS) is 1. The van der Waals surface area contributed by atoms with Crippen LogP contribution in [0.3, 0.4) is 0 Å². The topological polar surface area (TPSA) is 37.3 Å². The Morgan fingerprint density at radius 2 is 1.75 bits per heavy atom. The number of hydrogen-bond acceptors (Lipinski definition) is 2. The van der Waals surface area contributed by atoms with Crippen LogP contribution in [0, 0.1) is 0 Å². The molecule has 0 radical (unpaired) electrons. The third-order valence-electron chi connectivity index (χ3n) is 2.94. The van der Waals surface area contributed by atoms with Crippen molar-refractivity contribution in [1.29, 1.82) is 0 Å². The highest BCUT2D eigenvalue weighted by Gasteiger charge is 2.18. The molecule has 4 heteroatoms. The van der Waals surface area contributed by atoms with Crippen molar-refractivity contribution in [2.45, 2.75) is 17.4 Å². The lowest BCUT2D eigenvalue weighted by atomic mass is 10.1. The van der Waals surface area contributed by atoms with Crippen molar-refractivity contribution in [2.24, 2.45) is 0 Å². The van der Waals surface area contributed by atoms with Crippen LogP contribution in [-0.2, 0) is 17.0 Å². The second-order valence-electron chi connectivity index (χ2n) is 4.42. The Morgan fingerprint density at radius 1 is 1.10 bits per heavy atom. The van der Waals surface area contributed by atoms with E-state index in [2.05, 4.69) is 15.9 Å². The average molecular weight is 351 g/mol. The van der Waals surface area contributed by atoms with E-state index in [1.54, 1.807) is 0 Å². The summed E-state index contributed by atoms with van der Waals surface area (Å²) in [4.78, 5) is 11.4. The van der Waals surface area contributed by atoms with Gasteiger partial charge in [0.25, 0.3) is 0 Å². The third-order valence-corrected chi connectivity index (χ3v) is 4.96. The zero-order valence-corrected chi connectivity index (χ0v) is 13.2. The molecular weight excluding hydrogens is 336 g/mol. The van der Waals surface area contributed by atoms with Crippen LogP contribution in [0.25, 0.3) is 0 Å². The van der Waals surface area contributed by atoms with Gasteiger partial charge in [0.15, 0.2) is 0 Å². The predicted molar refractivity (Wildman–Crippen MR) is 87.0 cm³/mol. The SMILES string of the molecule is O=C(O)C(Cc1ccccc1)SCc1ccccc1Br. The standard InChI is InChI=1S/C16H15BrO2S/c17-14-9-5-4-8-13(14)11-20-15(16(18)19)10-12-6-2-1-3-7-12/h1-9,15H,10-11H2,(H,18,19). The first-order valence-corrected chi connectivity index (χ1v) is 8.12. The fourth-order valence-electron chi connectivity index (χ4n) is 1.85. The molecule has 2 rings (SSSR count). The van der Waals surface area contributed by atoms with Crippen molar-refractivity contribution in [3.05, 3.63) is 70.2 Å². The first-order valence-electron chi connectivity index (χ1n) is 6.28. The lowest BCUT2D eigenvalue weighted by molar-refractivity contribution is -0.136. The van der Waals surface area contributed by atoms with E-state index in [1.165, 1.54) is 11.8 Å². The number of carboxylic acids is 1. The van der Waals surface area contributed by atoms with Gasteiger partial charge < -0.3 is 5.11 Å². The van der Waals surface area contributed by atoms with Gasteiger partial charge in [-0.3, -0.25) is 4.79 Å². The van der Waals surface area contributed by atoms with Crippen molar-refractivity contribution in [3.8, 4) is 0 Å². The van der Waals surface area contributed by atoms with E-state index >= 15 is 0 Å². The molecule has 0 aliphatic carbocycles. The van der Waals surface area contributed by atoms with Gasteiger partial charge in [-0.15, -0.1) is 11.8 Å². The molecule has 1 unspecified atom stereocenters. The molecule has 0 bridgehead atoms. The molecule has 0 heterocycles. The summed E-state index contributed by atoms with van der Waals surface area (Å²) in [6.45, 7) is 0. The molecule has 0 fully saturated rings. The molecule has 0 saturated carbocycles. The highest BCUT2D eigenvalue weighted by atomic mass is 79.9. The Kier molecular flexibility index (Phi) is 5.68. The normalized spacial score (nSPS) is 12.1. The molecule has 0 aromatic heterocycles. The molecule has 1 N–H and O–H groups in total. The minimum Gasteiger partial charge on any atom is -0.480 e. The molecule has 104 valence electrons. The van der Waals surface area contributed by atoms with Gasteiger partial charge in [0.1, 0.15) is 5.25 Å². The number of hydrogen-bond donors (Lipinski definition) is 1. The Bertz CT molecular complexity index is 572. The molecule has 0 amide bonds. The predicted octanol–water partition coefficient (Wildman–Crippen LogP) is 4.38. The van der Waals surface area contributed by atoms with Crippen LogP contribution in [0.1, 0.15) is 11.1 Å². The van der Waals surface area contributed by atoms with Crippen LogP contribution >= 0.6 is 27.7 Å². The van der Waals surface area contributed by atoms with Gasteiger partial charge in [-0.2, -0.15) is 0 Å². The maximum absolute atomic E-state index is 11.4. The second kappa shape index (κ2) is 7.50. The summed E-state index contributed by atoms with van der Waals surface area (Å²) in [5, 5.41) is 8.92. The van der Waals surface area contributed by atoms with E-state index < -0.39 is 11.2 Å². The van der Waals surface area contributed by atoms with Crippen LogP contribution < -0.4 is 0 Å².